The fourth-order valence-electron chi connectivity index (χ4n) is 3.28. The Morgan fingerprint density at radius 1 is 1.30 bits per heavy atom. The van der Waals surface area contributed by atoms with Crippen molar-refractivity contribution in [2.45, 2.75) is 32.2 Å². The summed E-state index contributed by atoms with van der Waals surface area (Å²) in [6.45, 7) is 4.51. The number of hydrogen-bond donors (Lipinski definition) is 0. The van der Waals surface area contributed by atoms with Crippen molar-refractivity contribution in [3.8, 4) is 0 Å². The van der Waals surface area contributed by atoms with Crippen LogP contribution in [0.1, 0.15) is 25.8 Å². The van der Waals surface area contributed by atoms with Crippen LogP contribution in [0.2, 0.25) is 0 Å². The summed E-state index contributed by atoms with van der Waals surface area (Å²) < 4.78 is 7.14. The molecule has 2 aromatic rings. The molecule has 1 aliphatic rings. The van der Waals surface area contributed by atoms with Crippen molar-refractivity contribution in [2.75, 3.05) is 13.2 Å². The summed E-state index contributed by atoms with van der Waals surface area (Å²) in [5.41, 5.74) is 1.29. The Morgan fingerprint density at radius 2 is 2.04 bits per heavy atom. The lowest BCUT2D eigenvalue weighted by Crippen LogP contribution is -2.65. The van der Waals surface area contributed by atoms with E-state index in [0.29, 0.717) is 26.0 Å². The summed E-state index contributed by atoms with van der Waals surface area (Å²) in [5.74, 6) is -0.333. The molecule has 1 aliphatic heterocycles. The van der Waals surface area contributed by atoms with Gasteiger partial charge in [0, 0.05) is 30.7 Å². The highest BCUT2D eigenvalue weighted by atomic mass is 16.5. The van der Waals surface area contributed by atoms with Crippen molar-refractivity contribution in [2.24, 2.45) is 7.05 Å². The first-order chi connectivity index (χ1) is 11.0. The molecule has 0 spiro atoms. The number of esters is 1. The molecule has 1 saturated heterocycles. The Labute approximate surface area is 135 Å². The molecule has 2 heterocycles. The number of fused-ring (bicyclic) bond motifs is 1. The van der Waals surface area contributed by atoms with Gasteiger partial charge in [-0.15, -0.1) is 0 Å². The minimum Gasteiger partial charge on any atom is -0.464 e. The lowest BCUT2D eigenvalue weighted by Gasteiger charge is -2.48. The van der Waals surface area contributed by atoms with E-state index in [-0.39, 0.29) is 11.9 Å². The molecule has 122 valence electrons. The molecular formula is C18H22N2O3. The molecule has 0 bridgehead atoms. The largest absolute Gasteiger partial charge is 0.464 e. The van der Waals surface area contributed by atoms with E-state index in [1.807, 2.05) is 42.1 Å². The third-order valence-electron chi connectivity index (χ3n) is 4.76. The molecule has 5 heteroatoms. The van der Waals surface area contributed by atoms with Crippen molar-refractivity contribution >= 4 is 22.8 Å². The van der Waals surface area contributed by atoms with Gasteiger partial charge in [0.05, 0.1) is 13.0 Å². The standard InChI is InChI=1S/C18H22N2O3/c1-4-23-17(22)18(2)9-10-20(18)16(21)11-13-12-19(3)15-8-6-5-7-14(13)15/h5-8,12H,4,9-11H2,1-3H3. The van der Waals surface area contributed by atoms with Crippen molar-refractivity contribution in [1.29, 1.82) is 0 Å². The Hall–Kier alpha value is -2.30. The number of para-hydroxylation sites is 1. The minimum absolute atomic E-state index is 0.0249. The molecule has 1 amide bonds. The molecule has 0 radical (unpaired) electrons. The Balaban J connectivity index is 1.80. The van der Waals surface area contributed by atoms with Gasteiger partial charge < -0.3 is 14.2 Å². The summed E-state index contributed by atoms with van der Waals surface area (Å²) in [6.07, 6.45) is 2.95. The SMILES string of the molecule is CCOC(=O)C1(C)CCN1C(=O)Cc1cn(C)c2ccccc12. The van der Waals surface area contributed by atoms with Crippen molar-refractivity contribution < 1.29 is 14.3 Å². The van der Waals surface area contributed by atoms with E-state index in [0.717, 1.165) is 16.5 Å². The second kappa shape index (κ2) is 5.72. The van der Waals surface area contributed by atoms with Crippen LogP contribution in [0.25, 0.3) is 10.9 Å². The van der Waals surface area contributed by atoms with Gasteiger partial charge in [-0.25, -0.2) is 4.79 Å². The predicted molar refractivity (Wildman–Crippen MR) is 88.0 cm³/mol. The summed E-state index contributed by atoms with van der Waals surface area (Å²) in [7, 11) is 1.97. The van der Waals surface area contributed by atoms with Crippen LogP contribution in [0, 0.1) is 0 Å². The maximum absolute atomic E-state index is 12.7. The zero-order chi connectivity index (χ0) is 16.6. The number of carbonyl (C=O) groups is 2. The van der Waals surface area contributed by atoms with Crippen molar-refractivity contribution in [3.63, 3.8) is 0 Å². The highest BCUT2D eigenvalue weighted by Gasteiger charge is 2.50. The fourth-order valence-corrected chi connectivity index (χ4v) is 3.28. The Morgan fingerprint density at radius 3 is 2.70 bits per heavy atom. The van der Waals surface area contributed by atoms with Crippen LogP contribution in [0.5, 0.6) is 0 Å². The number of amides is 1. The molecule has 1 aromatic carbocycles. The van der Waals surface area contributed by atoms with Crippen molar-refractivity contribution in [1.82, 2.24) is 9.47 Å². The average Bonchev–Trinajstić information content (AvgIpc) is 2.82. The number of ether oxygens (including phenoxy) is 1. The third-order valence-corrected chi connectivity index (χ3v) is 4.76. The lowest BCUT2D eigenvalue weighted by molar-refractivity contribution is -0.173. The van der Waals surface area contributed by atoms with Crippen LogP contribution >= 0.6 is 0 Å². The van der Waals surface area contributed by atoms with Crippen molar-refractivity contribution in [3.05, 3.63) is 36.0 Å². The molecule has 1 fully saturated rings. The average molecular weight is 314 g/mol. The third kappa shape index (κ3) is 2.50. The molecule has 23 heavy (non-hydrogen) atoms. The van der Waals surface area contributed by atoms with Crippen LogP contribution in [0.4, 0.5) is 0 Å². The van der Waals surface area contributed by atoms with Gasteiger partial charge in [0.25, 0.3) is 0 Å². The molecule has 3 rings (SSSR count). The summed E-state index contributed by atoms with van der Waals surface area (Å²) in [4.78, 5) is 26.4. The van der Waals surface area contributed by atoms with E-state index in [1.165, 1.54) is 0 Å². The van der Waals surface area contributed by atoms with E-state index >= 15 is 0 Å². The van der Waals surface area contributed by atoms with Gasteiger partial charge in [-0.1, -0.05) is 18.2 Å². The van der Waals surface area contributed by atoms with E-state index in [9.17, 15) is 9.59 Å². The number of benzene rings is 1. The van der Waals surface area contributed by atoms with Crippen LogP contribution in [0.3, 0.4) is 0 Å². The van der Waals surface area contributed by atoms with E-state index in [1.54, 1.807) is 18.7 Å². The van der Waals surface area contributed by atoms with Gasteiger partial charge in [-0.3, -0.25) is 4.79 Å². The number of nitrogens with zero attached hydrogens (tertiary/aromatic N) is 2. The van der Waals surface area contributed by atoms with E-state index < -0.39 is 5.54 Å². The second-order valence-corrected chi connectivity index (χ2v) is 6.25. The first-order valence-corrected chi connectivity index (χ1v) is 7.98. The first kappa shape index (κ1) is 15.6. The summed E-state index contributed by atoms with van der Waals surface area (Å²) in [6, 6.07) is 8.03. The van der Waals surface area contributed by atoms with Crippen LogP contribution < -0.4 is 0 Å². The predicted octanol–water partition coefficient (Wildman–Crippen LogP) is 2.27. The number of likely N-dealkylation sites (tertiary alicyclic amines) is 1. The highest BCUT2D eigenvalue weighted by molar-refractivity contribution is 5.93. The molecular weight excluding hydrogens is 292 g/mol. The van der Waals surface area contributed by atoms with Gasteiger partial charge in [-0.2, -0.15) is 0 Å². The maximum Gasteiger partial charge on any atom is 0.331 e. The number of aryl methyl sites for hydroxylation is 1. The summed E-state index contributed by atoms with van der Waals surface area (Å²) in [5, 5.41) is 1.08. The molecule has 1 aromatic heterocycles. The van der Waals surface area contributed by atoms with Crippen LogP contribution in [0.15, 0.2) is 30.5 Å². The zero-order valence-electron chi connectivity index (χ0n) is 13.8. The molecule has 5 nitrogen and oxygen atoms in total. The second-order valence-electron chi connectivity index (χ2n) is 6.25. The van der Waals surface area contributed by atoms with Gasteiger partial charge in [0.15, 0.2) is 0 Å². The number of rotatable bonds is 4. The van der Waals surface area contributed by atoms with Gasteiger partial charge in [0.1, 0.15) is 5.54 Å². The monoisotopic (exact) mass is 314 g/mol. The molecule has 0 aliphatic carbocycles. The maximum atomic E-state index is 12.7. The smallest absolute Gasteiger partial charge is 0.331 e. The Kier molecular flexibility index (Phi) is 3.88. The molecule has 1 atom stereocenters. The topological polar surface area (TPSA) is 51.5 Å². The first-order valence-electron chi connectivity index (χ1n) is 7.98. The number of carbonyl (C=O) groups excluding carboxylic acids is 2. The van der Waals surface area contributed by atoms with Gasteiger partial charge in [0.2, 0.25) is 5.91 Å². The minimum atomic E-state index is -0.808. The fraction of sp³-hybridized carbons (Fsp3) is 0.444. The Bertz CT molecular complexity index is 765. The number of aromatic nitrogens is 1. The molecule has 1 unspecified atom stereocenters. The zero-order valence-corrected chi connectivity index (χ0v) is 13.8. The van der Waals surface area contributed by atoms with Crippen LogP contribution in [-0.4, -0.2) is 40.0 Å². The van der Waals surface area contributed by atoms with Gasteiger partial charge >= 0.3 is 5.97 Å². The van der Waals surface area contributed by atoms with E-state index in [2.05, 4.69) is 0 Å². The highest BCUT2D eigenvalue weighted by Crippen LogP contribution is 2.33. The lowest BCUT2D eigenvalue weighted by atomic mass is 9.86. The van der Waals surface area contributed by atoms with E-state index in [4.69, 9.17) is 4.74 Å². The molecule has 0 N–H and O–H groups in total. The summed E-state index contributed by atoms with van der Waals surface area (Å²) >= 11 is 0. The molecule has 0 saturated carbocycles. The van der Waals surface area contributed by atoms with Gasteiger partial charge in [-0.05, 0) is 31.9 Å². The normalized spacial score (nSPS) is 20.4. The number of hydrogen-bond acceptors (Lipinski definition) is 3. The quantitative estimate of drug-likeness (QED) is 0.814. The van der Waals surface area contributed by atoms with Crippen LogP contribution in [-0.2, 0) is 27.8 Å².